The maximum absolute atomic E-state index is 13.3. The Hall–Kier alpha value is -4.01. The molecule has 14 nitrogen and oxygen atoms in total. The normalized spacial score (nSPS) is 25.2. The molecule has 2 bridgehead atoms. The predicted molar refractivity (Wildman–Crippen MR) is 192 cm³/mol. The number of hydrogen-bond donors (Lipinski definition) is 4. The van der Waals surface area contributed by atoms with E-state index in [2.05, 4.69) is 15.5 Å². The maximum atomic E-state index is 13.3. The van der Waals surface area contributed by atoms with Crippen LogP contribution in [-0.2, 0) is 51.8 Å². The molecule has 14 heteroatoms. The van der Waals surface area contributed by atoms with Crippen molar-refractivity contribution >= 4 is 29.7 Å². The van der Waals surface area contributed by atoms with Crippen molar-refractivity contribution in [3.05, 3.63) is 40.7 Å². The number of likely N-dealkylation sites (tertiary alicyclic amines) is 1. The van der Waals surface area contributed by atoms with Gasteiger partial charge >= 0.3 is 18.0 Å². The monoisotopic (exact) mass is 741 g/mol. The quantitative estimate of drug-likeness (QED) is 0.110. The van der Waals surface area contributed by atoms with Gasteiger partial charge in [0.1, 0.15) is 17.1 Å². The average molecular weight is 742 g/mol. The molecule has 4 N–H and O–H groups in total. The number of rotatable bonds is 16. The summed E-state index contributed by atoms with van der Waals surface area (Å²) in [6, 6.07) is 2.75. The van der Waals surface area contributed by atoms with E-state index in [0.29, 0.717) is 37.1 Å². The molecular weight excluding hydrogens is 686 g/mol. The highest BCUT2D eigenvalue weighted by Crippen LogP contribution is 2.64. The van der Waals surface area contributed by atoms with E-state index in [-0.39, 0.29) is 62.8 Å². The number of aliphatic hydroxyl groups is 2. The number of alkyl carbamates (subject to hydrolysis) is 1. The minimum atomic E-state index is -1.28. The molecule has 292 valence electrons. The first kappa shape index (κ1) is 40.2. The molecule has 1 saturated heterocycles. The number of esters is 2. The molecule has 2 aliphatic heterocycles. The highest BCUT2D eigenvalue weighted by atomic mass is 16.6. The lowest BCUT2D eigenvalue weighted by atomic mass is 9.50. The van der Waals surface area contributed by atoms with Crippen LogP contribution < -0.4 is 15.4 Å². The van der Waals surface area contributed by atoms with Crippen molar-refractivity contribution in [3.8, 4) is 5.75 Å². The number of ketones is 1. The van der Waals surface area contributed by atoms with Crippen LogP contribution in [0, 0.1) is 0 Å². The van der Waals surface area contributed by atoms with Gasteiger partial charge in [0, 0.05) is 43.0 Å². The first-order valence-corrected chi connectivity index (χ1v) is 18.8. The van der Waals surface area contributed by atoms with Crippen LogP contribution in [0.5, 0.6) is 5.75 Å². The Balaban J connectivity index is 1.13. The van der Waals surface area contributed by atoms with Crippen LogP contribution in [0.25, 0.3) is 0 Å². The number of benzene rings is 1. The largest absolute Gasteiger partial charge is 0.481 e. The van der Waals surface area contributed by atoms with Crippen LogP contribution >= 0.6 is 0 Å². The molecular formula is C39H55N3O11. The van der Waals surface area contributed by atoms with E-state index in [4.69, 9.17) is 18.9 Å². The fourth-order valence-electron chi connectivity index (χ4n) is 8.29. The third-order valence-electron chi connectivity index (χ3n) is 10.9. The highest BCUT2D eigenvalue weighted by molar-refractivity contribution is 5.88. The molecule has 0 aromatic heterocycles. The van der Waals surface area contributed by atoms with E-state index in [0.717, 1.165) is 24.0 Å². The second-order valence-electron chi connectivity index (χ2n) is 15.7. The van der Waals surface area contributed by atoms with Gasteiger partial charge in [0.15, 0.2) is 18.0 Å². The molecule has 1 fully saturated rings. The zero-order valence-electron chi connectivity index (χ0n) is 31.7. The smallest absolute Gasteiger partial charge is 0.408 e. The molecule has 2 heterocycles. The summed E-state index contributed by atoms with van der Waals surface area (Å²) in [6.07, 6.45) is 2.78. The van der Waals surface area contributed by atoms with Crippen molar-refractivity contribution in [2.75, 3.05) is 20.1 Å². The van der Waals surface area contributed by atoms with Gasteiger partial charge in [-0.05, 0) is 78.6 Å². The van der Waals surface area contributed by atoms with E-state index < -0.39 is 58.8 Å². The third-order valence-corrected chi connectivity index (χ3v) is 10.9. The number of unbranched alkanes of at least 4 members (excludes halogenated alkanes) is 2. The van der Waals surface area contributed by atoms with Crippen molar-refractivity contribution in [1.29, 1.82) is 0 Å². The SMILES string of the molecule is CCCCCC(=O)[C@H](CCC(=O)NCCC(=O)O[C@@H](C)C(=O)OC1=CC[C@@]2(O)[C@H]3Cc4ccc(CO)c5c4[C@@]2(CCN3C)[C@H]1O5)NC(=O)OC(C)(C)C. The van der Waals surface area contributed by atoms with Gasteiger partial charge in [-0.3, -0.25) is 14.4 Å². The molecule has 53 heavy (non-hydrogen) atoms. The summed E-state index contributed by atoms with van der Waals surface area (Å²) in [7, 11) is 2.00. The lowest BCUT2D eigenvalue weighted by Crippen LogP contribution is -2.74. The van der Waals surface area contributed by atoms with Crippen molar-refractivity contribution in [3.63, 3.8) is 0 Å². The second-order valence-corrected chi connectivity index (χ2v) is 15.7. The van der Waals surface area contributed by atoms with Gasteiger partial charge in [-0.1, -0.05) is 31.9 Å². The predicted octanol–water partition coefficient (Wildman–Crippen LogP) is 3.26. The lowest BCUT2D eigenvalue weighted by molar-refractivity contribution is -0.175. The van der Waals surface area contributed by atoms with E-state index in [9.17, 15) is 34.2 Å². The van der Waals surface area contributed by atoms with Gasteiger partial charge < -0.3 is 44.7 Å². The Bertz CT molecular complexity index is 1620. The maximum Gasteiger partial charge on any atom is 0.408 e. The number of amides is 2. The fourth-order valence-corrected chi connectivity index (χ4v) is 8.29. The molecule has 2 aliphatic carbocycles. The van der Waals surface area contributed by atoms with Gasteiger partial charge in [0.2, 0.25) is 5.91 Å². The number of Topliss-reactive ketones (excluding diaryl/α,β-unsaturated/α-hetero) is 1. The van der Waals surface area contributed by atoms with Crippen molar-refractivity contribution < 1.29 is 53.1 Å². The molecule has 5 rings (SSSR count). The minimum absolute atomic E-state index is 0.0632. The molecule has 4 aliphatic rings. The molecule has 1 aromatic carbocycles. The topological polar surface area (TPSA) is 190 Å². The van der Waals surface area contributed by atoms with Crippen molar-refractivity contribution in [2.45, 2.75) is 146 Å². The molecule has 0 radical (unpaired) electrons. The van der Waals surface area contributed by atoms with Crippen molar-refractivity contribution in [2.24, 2.45) is 0 Å². The number of carbonyl (C=O) groups excluding carboxylic acids is 5. The molecule has 0 saturated carbocycles. The van der Waals surface area contributed by atoms with Gasteiger partial charge in [0.25, 0.3) is 0 Å². The summed E-state index contributed by atoms with van der Waals surface area (Å²) in [5, 5.41) is 27.7. The molecule has 2 amide bonds. The summed E-state index contributed by atoms with van der Waals surface area (Å²) in [5.74, 6) is -1.40. The number of aliphatic hydroxyl groups excluding tert-OH is 1. The number of nitrogens with one attached hydrogen (secondary N) is 2. The average Bonchev–Trinajstić information content (AvgIpc) is 3.44. The molecule has 6 atom stereocenters. The number of carbonyl (C=O) groups is 5. The number of likely N-dealkylation sites (N-methyl/N-ethyl adjacent to an activating group) is 1. The Morgan fingerprint density at radius 2 is 1.87 bits per heavy atom. The standard InChI is InChI=1S/C39H55N3O11/c1-7-8-9-10-27(44)26(41-36(48)53-37(3,4)5)13-14-30(45)40-19-16-31(46)50-23(2)35(47)51-28-15-17-39(49)29-21-24-11-12-25(22-43)33-32(24)38(39,34(28)52-33)18-20-42(29)6/h11-12,15,23,26,29,34,43,49H,7-10,13-14,16-22H2,1-6H3,(H,40,45)(H,41,48)/t23-,26-,29+,34-,38-,39+/m0/s1. The van der Waals surface area contributed by atoms with Crippen LogP contribution in [0.15, 0.2) is 24.0 Å². The number of piperidine rings is 1. The Kier molecular flexibility index (Phi) is 12.2. The fraction of sp³-hybridized carbons (Fsp3) is 0.667. The van der Waals surface area contributed by atoms with E-state index in [1.807, 2.05) is 26.1 Å². The first-order chi connectivity index (χ1) is 25.0. The number of ether oxygens (including phenoxy) is 4. The van der Waals surface area contributed by atoms with Gasteiger partial charge in [-0.2, -0.15) is 0 Å². The van der Waals surface area contributed by atoms with Crippen molar-refractivity contribution in [1.82, 2.24) is 15.5 Å². The van der Waals surface area contributed by atoms with Gasteiger partial charge in [-0.25, -0.2) is 9.59 Å². The minimum Gasteiger partial charge on any atom is -0.481 e. The second kappa shape index (κ2) is 16.2. The van der Waals surface area contributed by atoms with Crippen LogP contribution in [0.4, 0.5) is 4.79 Å². The summed E-state index contributed by atoms with van der Waals surface area (Å²) in [4.78, 5) is 65.9. The molecule has 1 spiro atoms. The Labute approximate surface area is 310 Å². The summed E-state index contributed by atoms with van der Waals surface area (Å²) >= 11 is 0. The van der Waals surface area contributed by atoms with Crippen LogP contribution in [0.2, 0.25) is 0 Å². The number of nitrogens with zero attached hydrogens (tertiary/aromatic N) is 1. The first-order valence-electron chi connectivity index (χ1n) is 18.8. The van der Waals surface area contributed by atoms with E-state index in [1.54, 1.807) is 26.8 Å². The van der Waals surface area contributed by atoms with E-state index >= 15 is 0 Å². The van der Waals surface area contributed by atoms with Gasteiger partial charge in [0.05, 0.1) is 30.1 Å². The van der Waals surface area contributed by atoms with Gasteiger partial charge in [-0.15, -0.1) is 0 Å². The van der Waals surface area contributed by atoms with Crippen LogP contribution in [-0.4, -0.2) is 100 Å². The molecule has 1 aromatic rings. The Morgan fingerprint density at radius 3 is 2.57 bits per heavy atom. The molecule has 0 unspecified atom stereocenters. The highest BCUT2D eigenvalue weighted by Gasteiger charge is 2.72. The summed E-state index contributed by atoms with van der Waals surface area (Å²) < 4.78 is 23.0. The summed E-state index contributed by atoms with van der Waals surface area (Å²) in [5.41, 5.74) is -0.309. The van der Waals surface area contributed by atoms with E-state index in [1.165, 1.54) is 6.92 Å². The Morgan fingerprint density at radius 1 is 1.11 bits per heavy atom. The lowest BCUT2D eigenvalue weighted by Gasteiger charge is -2.61. The zero-order valence-corrected chi connectivity index (χ0v) is 31.7. The van der Waals surface area contributed by atoms with Crippen LogP contribution in [0.1, 0.15) is 109 Å². The third kappa shape index (κ3) is 8.24. The van der Waals surface area contributed by atoms with Crippen LogP contribution in [0.3, 0.4) is 0 Å². The zero-order chi connectivity index (χ0) is 38.7. The number of hydrogen-bond acceptors (Lipinski definition) is 12. The summed E-state index contributed by atoms with van der Waals surface area (Å²) in [6.45, 7) is 8.94.